The molecule has 0 radical (unpaired) electrons. The first-order valence-electron chi connectivity index (χ1n) is 11.5. The van der Waals surface area contributed by atoms with Gasteiger partial charge in [-0.3, -0.25) is 14.7 Å². The Hall–Kier alpha value is -3.34. The zero-order valence-corrected chi connectivity index (χ0v) is 22.8. The third-order valence-corrected chi connectivity index (χ3v) is 7.17. The smallest absolute Gasteiger partial charge is 0.220 e. The van der Waals surface area contributed by atoms with Crippen LogP contribution in [0.4, 0.5) is 4.39 Å². The van der Waals surface area contributed by atoms with Gasteiger partial charge in [0, 0.05) is 10.6 Å². The maximum atomic E-state index is 13.5. The van der Waals surface area contributed by atoms with E-state index in [1.54, 1.807) is 31.2 Å². The van der Waals surface area contributed by atoms with Crippen LogP contribution in [-0.4, -0.2) is 32.8 Å². The van der Waals surface area contributed by atoms with Gasteiger partial charge in [-0.2, -0.15) is 0 Å². The van der Waals surface area contributed by atoms with E-state index in [9.17, 15) is 14.5 Å². The first-order chi connectivity index (χ1) is 18.2. The van der Waals surface area contributed by atoms with Crippen molar-refractivity contribution >= 4 is 35.0 Å². The highest BCUT2D eigenvalue weighted by molar-refractivity contribution is 7.99. The van der Waals surface area contributed by atoms with E-state index in [0.717, 1.165) is 11.4 Å². The second kappa shape index (κ2) is 12.5. The van der Waals surface area contributed by atoms with E-state index in [-0.39, 0.29) is 28.2 Å². The van der Waals surface area contributed by atoms with Crippen molar-refractivity contribution in [2.45, 2.75) is 30.9 Å². The summed E-state index contributed by atoms with van der Waals surface area (Å²) >= 11 is 14.1. The fraction of sp³-hybridized carbons (Fsp3) is 0.231. The molecular formula is C26H23Cl2FN4O4S. The summed E-state index contributed by atoms with van der Waals surface area (Å²) < 4.78 is 26.5. The highest BCUT2D eigenvalue weighted by Crippen LogP contribution is 2.42. The largest absolute Gasteiger partial charge is 0.494 e. The lowest BCUT2D eigenvalue weighted by atomic mass is 10.1. The van der Waals surface area contributed by atoms with Crippen molar-refractivity contribution in [1.82, 2.24) is 14.8 Å². The molecule has 8 nitrogen and oxygen atoms in total. The van der Waals surface area contributed by atoms with Crippen molar-refractivity contribution in [3.05, 3.63) is 104 Å². The Balaban J connectivity index is 1.60. The van der Waals surface area contributed by atoms with Crippen LogP contribution >= 0.6 is 35.0 Å². The quantitative estimate of drug-likeness (QED) is 0.107. The summed E-state index contributed by atoms with van der Waals surface area (Å²) in [7, 11) is 0. The van der Waals surface area contributed by atoms with Crippen molar-refractivity contribution in [2.75, 3.05) is 13.2 Å². The van der Waals surface area contributed by atoms with Gasteiger partial charge in [0.1, 0.15) is 29.2 Å². The number of halogens is 3. The van der Waals surface area contributed by atoms with Crippen molar-refractivity contribution in [1.29, 1.82) is 0 Å². The number of thioether (sulfide) groups is 1. The molecule has 0 fully saturated rings. The zero-order valence-electron chi connectivity index (χ0n) is 20.4. The minimum atomic E-state index is -0.678. The number of nitro groups is 1. The predicted molar refractivity (Wildman–Crippen MR) is 145 cm³/mol. The summed E-state index contributed by atoms with van der Waals surface area (Å²) in [5.41, 5.74) is 1.92. The molecule has 1 heterocycles. The van der Waals surface area contributed by atoms with Crippen LogP contribution in [0.1, 0.15) is 29.1 Å². The number of benzene rings is 3. The van der Waals surface area contributed by atoms with Gasteiger partial charge in [0.05, 0.1) is 16.7 Å². The van der Waals surface area contributed by atoms with Crippen LogP contribution in [0.3, 0.4) is 0 Å². The van der Waals surface area contributed by atoms with Gasteiger partial charge in [-0.1, -0.05) is 47.1 Å². The standard InChI is InChI=1S/C26H23Cl2FN4O4S/c1-3-36-21-9-7-20(8-10-21)33-16(2)30-31-26(33)38-24(14-32(34)35)18-12-22(27)25(23(28)13-18)37-15-17-5-4-6-19(29)11-17/h4-13,24H,3,14-15H2,1-2H3/t24-/m0/s1. The predicted octanol–water partition coefficient (Wildman–Crippen LogP) is 7.11. The molecule has 0 saturated carbocycles. The molecule has 1 atom stereocenters. The topological polar surface area (TPSA) is 92.3 Å². The molecule has 4 aromatic rings. The molecule has 3 aromatic carbocycles. The van der Waals surface area contributed by atoms with Crippen molar-refractivity contribution in [3.8, 4) is 17.2 Å². The molecule has 198 valence electrons. The number of aryl methyl sites for hydroxylation is 1. The average molecular weight is 577 g/mol. The molecular weight excluding hydrogens is 554 g/mol. The number of nitrogens with zero attached hydrogens (tertiary/aromatic N) is 4. The molecule has 0 aliphatic carbocycles. The molecule has 4 rings (SSSR count). The van der Waals surface area contributed by atoms with Gasteiger partial charge in [0.15, 0.2) is 10.9 Å². The number of hydrogen-bond acceptors (Lipinski definition) is 7. The van der Waals surface area contributed by atoms with Gasteiger partial charge in [0.25, 0.3) is 0 Å². The number of rotatable bonds is 11. The Morgan fingerprint density at radius 3 is 2.42 bits per heavy atom. The maximum Gasteiger partial charge on any atom is 0.220 e. The maximum absolute atomic E-state index is 13.5. The zero-order chi connectivity index (χ0) is 27.2. The normalized spacial score (nSPS) is 11.8. The summed E-state index contributed by atoms with van der Waals surface area (Å²) in [5, 5.41) is 20.2. The summed E-state index contributed by atoms with van der Waals surface area (Å²) in [6.07, 6.45) is 0. The van der Waals surface area contributed by atoms with E-state index in [1.807, 2.05) is 35.8 Å². The fourth-order valence-corrected chi connectivity index (χ4v) is 5.50. The van der Waals surface area contributed by atoms with Crippen LogP contribution < -0.4 is 9.47 Å². The SMILES string of the molecule is CCOc1ccc(-n2c(C)nnc2S[C@@H](C[N+](=O)[O-])c2cc(Cl)c(OCc3cccc(F)c3)c(Cl)c2)cc1. The Bertz CT molecular complexity index is 1410. The Labute approximate surface area is 232 Å². The number of ether oxygens (including phenoxy) is 2. The van der Waals surface area contributed by atoms with Crippen LogP contribution in [0.5, 0.6) is 11.5 Å². The highest BCUT2D eigenvalue weighted by atomic mass is 35.5. The molecule has 0 N–H and O–H groups in total. The third-order valence-electron chi connectivity index (χ3n) is 5.43. The summed E-state index contributed by atoms with van der Waals surface area (Å²) in [6, 6.07) is 16.6. The molecule has 0 unspecified atom stereocenters. The molecule has 0 saturated heterocycles. The minimum Gasteiger partial charge on any atom is -0.494 e. The first kappa shape index (κ1) is 27.7. The molecule has 0 amide bonds. The van der Waals surface area contributed by atoms with Gasteiger partial charge in [-0.15, -0.1) is 10.2 Å². The highest BCUT2D eigenvalue weighted by Gasteiger charge is 2.26. The molecule has 38 heavy (non-hydrogen) atoms. The Morgan fingerprint density at radius 1 is 1.08 bits per heavy atom. The van der Waals surface area contributed by atoms with Gasteiger partial charge >= 0.3 is 0 Å². The summed E-state index contributed by atoms with van der Waals surface area (Å²) in [4.78, 5) is 11.2. The lowest BCUT2D eigenvalue weighted by molar-refractivity contribution is -0.479. The van der Waals surface area contributed by atoms with Crippen molar-refractivity contribution < 1.29 is 18.8 Å². The molecule has 0 aliphatic rings. The van der Waals surface area contributed by atoms with Crippen molar-refractivity contribution in [3.63, 3.8) is 0 Å². The van der Waals surface area contributed by atoms with Crippen LogP contribution in [-0.2, 0) is 6.61 Å². The minimum absolute atomic E-state index is 0.0497. The van der Waals surface area contributed by atoms with E-state index >= 15 is 0 Å². The van der Waals surface area contributed by atoms with E-state index in [4.69, 9.17) is 32.7 Å². The van der Waals surface area contributed by atoms with Gasteiger partial charge in [-0.25, -0.2) is 4.39 Å². The lowest BCUT2D eigenvalue weighted by Crippen LogP contribution is -2.11. The summed E-state index contributed by atoms with van der Waals surface area (Å²) in [5.74, 6) is 1.17. The number of aromatic nitrogens is 3. The van der Waals surface area contributed by atoms with Gasteiger partial charge in [0.2, 0.25) is 6.54 Å². The van der Waals surface area contributed by atoms with Gasteiger partial charge in [-0.05, 0) is 73.5 Å². The first-order valence-corrected chi connectivity index (χ1v) is 13.2. The molecule has 0 spiro atoms. The van der Waals surface area contributed by atoms with Gasteiger partial charge < -0.3 is 9.47 Å². The monoisotopic (exact) mass is 576 g/mol. The second-order valence-electron chi connectivity index (χ2n) is 8.15. The fourth-order valence-electron chi connectivity index (χ4n) is 3.73. The number of hydrogen-bond donors (Lipinski definition) is 0. The molecule has 1 aromatic heterocycles. The van der Waals surface area contributed by atoms with E-state index in [1.165, 1.54) is 23.9 Å². The Kier molecular flexibility index (Phi) is 9.09. The molecule has 0 aliphatic heterocycles. The van der Waals surface area contributed by atoms with Crippen molar-refractivity contribution in [2.24, 2.45) is 0 Å². The van der Waals surface area contributed by atoms with Crippen LogP contribution in [0.15, 0.2) is 65.8 Å². The van der Waals surface area contributed by atoms with E-state index < -0.39 is 16.7 Å². The van der Waals surface area contributed by atoms with Crippen LogP contribution in [0.2, 0.25) is 10.0 Å². The Morgan fingerprint density at radius 2 is 1.79 bits per heavy atom. The van der Waals surface area contributed by atoms with Crippen LogP contribution in [0, 0.1) is 22.9 Å². The average Bonchev–Trinajstić information content (AvgIpc) is 3.23. The molecule has 12 heteroatoms. The molecule has 0 bridgehead atoms. The van der Waals surface area contributed by atoms with Crippen LogP contribution in [0.25, 0.3) is 5.69 Å². The van der Waals surface area contributed by atoms with E-state index in [0.29, 0.717) is 28.7 Å². The van der Waals surface area contributed by atoms with E-state index in [2.05, 4.69) is 10.2 Å². The second-order valence-corrected chi connectivity index (χ2v) is 10.1. The third kappa shape index (κ3) is 6.75. The lowest BCUT2D eigenvalue weighted by Gasteiger charge is -2.17. The summed E-state index contributed by atoms with van der Waals surface area (Å²) in [6.45, 7) is 3.90.